The summed E-state index contributed by atoms with van der Waals surface area (Å²) in [5.41, 5.74) is 0. The van der Waals surface area contributed by atoms with Crippen molar-refractivity contribution in [3.63, 3.8) is 0 Å². The van der Waals surface area contributed by atoms with Crippen LogP contribution in [0.3, 0.4) is 0 Å². The molecule has 110 valence electrons. The van der Waals surface area contributed by atoms with Crippen molar-refractivity contribution < 1.29 is 14.3 Å². The number of nitrogens with one attached hydrogen (secondary N) is 1. The first kappa shape index (κ1) is 16.0. The third-order valence-electron chi connectivity index (χ3n) is 3.36. The Labute approximate surface area is 115 Å². The molecule has 0 aromatic heterocycles. The minimum Gasteiger partial charge on any atom is -0.380 e. The van der Waals surface area contributed by atoms with Gasteiger partial charge in [0.25, 0.3) is 0 Å². The SMILES string of the molecule is CC(C)CCOCCN1C(=O)C(C)NC(=O)CC1C. The number of carbonyl (C=O) groups is 2. The third-order valence-corrected chi connectivity index (χ3v) is 3.36. The molecule has 5 heteroatoms. The van der Waals surface area contributed by atoms with Crippen molar-refractivity contribution in [2.75, 3.05) is 19.8 Å². The molecule has 0 saturated carbocycles. The highest BCUT2D eigenvalue weighted by Crippen LogP contribution is 2.11. The summed E-state index contributed by atoms with van der Waals surface area (Å²) in [7, 11) is 0. The van der Waals surface area contributed by atoms with E-state index in [1.807, 2.05) is 6.92 Å². The molecule has 5 nitrogen and oxygen atoms in total. The van der Waals surface area contributed by atoms with Crippen molar-refractivity contribution in [2.45, 2.75) is 52.6 Å². The molecule has 1 fully saturated rings. The second-order valence-electron chi connectivity index (χ2n) is 5.67. The molecule has 0 bridgehead atoms. The summed E-state index contributed by atoms with van der Waals surface area (Å²) in [5, 5.41) is 2.70. The average Bonchev–Trinajstić information content (AvgIpc) is 2.39. The summed E-state index contributed by atoms with van der Waals surface area (Å²) in [6.45, 7) is 9.75. The van der Waals surface area contributed by atoms with E-state index in [0.717, 1.165) is 13.0 Å². The van der Waals surface area contributed by atoms with Crippen LogP contribution in [0.5, 0.6) is 0 Å². The maximum absolute atomic E-state index is 12.1. The van der Waals surface area contributed by atoms with Gasteiger partial charge in [0.1, 0.15) is 6.04 Å². The molecule has 0 spiro atoms. The number of ether oxygens (including phenoxy) is 1. The Bertz CT molecular complexity index is 318. The van der Waals surface area contributed by atoms with Gasteiger partial charge < -0.3 is 15.0 Å². The van der Waals surface area contributed by atoms with Crippen LogP contribution in [0.25, 0.3) is 0 Å². The van der Waals surface area contributed by atoms with Gasteiger partial charge in [0.2, 0.25) is 11.8 Å². The Morgan fingerprint density at radius 2 is 2.00 bits per heavy atom. The van der Waals surface area contributed by atoms with Gasteiger partial charge in [-0.3, -0.25) is 9.59 Å². The van der Waals surface area contributed by atoms with Gasteiger partial charge in [0.15, 0.2) is 0 Å². The molecule has 19 heavy (non-hydrogen) atoms. The van der Waals surface area contributed by atoms with Crippen molar-refractivity contribution in [3.05, 3.63) is 0 Å². The highest BCUT2D eigenvalue weighted by atomic mass is 16.5. The van der Waals surface area contributed by atoms with Crippen LogP contribution >= 0.6 is 0 Å². The molecule has 0 radical (unpaired) electrons. The van der Waals surface area contributed by atoms with Gasteiger partial charge in [0, 0.05) is 25.6 Å². The van der Waals surface area contributed by atoms with Gasteiger partial charge in [-0.15, -0.1) is 0 Å². The molecule has 2 amide bonds. The van der Waals surface area contributed by atoms with Crippen LogP contribution in [0.1, 0.15) is 40.5 Å². The van der Waals surface area contributed by atoms with Gasteiger partial charge in [-0.1, -0.05) is 13.8 Å². The van der Waals surface area contributed by atoms with Gasteiger partial charge in [-0.2, -0.15) is 0 Å². The van der Waals surface area contributed by atoms with Crippen LogP contribution in [0.15, 0.2) is 0 Å². The molecule has 1 N–H and O–H groups in total. The van der Waals surface area contributed by atoms with Crippen LogP contribution in [0.4, 0.5) is 0 Å². The van der Waals surface area contributed by atoms with Crippen LogP contribution in [-0.4, -0.2) is 48.6 Å². The Balaban J connectivity index is 2.41. The molecule has 0 aromatic carbocycles. The average molecular weight is 270 g/mol. The van der Waals surface area contributed by atoms with Crippen LogP contribution in [0.2, 0.25) is 0 Å². The second kappa shape index (κ2) is 7.48. The first-order valence-corrected chi connectivity index (χ1v) is 7.09. The molecule has 1 aliphatic heterocycles. The topological polar surface area (TPSA) is 58.6 Å². The quantitative estimate of drug-likeness (QED) is 0.737. The first-order chi connectivity index (χ1) is 8.91. The standard InChI is InChI=1S/C14H26N2O3/c1-10(2)5-7-19-8-6-16-11(3)9-13(17)15-12(4)14(16)18/h10-12H,5-9H2,1-4H3,(H,15,17). The van der Waals surface area contributed by atoms with E-state index < -0.39 is 6.04 Å². The molecule has 0 aromatic rings. The van der Waals surface area contributed by atoms with E-state index in [-0.39, 0.29) is 17.9 Å². The van der Waals surface area contributed by atoms with Crippen molar-refractivity contribution in [1.29, 1.82) is 0 Å². The summed E-state index contributed by atoms with van der Waals surface area (Å²) >= 11 is 0. The summed E-state index contributed by atoms with van der Waals surface area (Å²) in [4.78, 5) is 25.4. The third kappa shape index (κ3) is 5.19. The van der Waals surface area contributed by atoms with E-state index in [2.05, 4.69) is 19.2 Å². The minimum atomic E-state index is -0.437. The fraction of sp³-hybridized carbons (Fsp3) is 0.857. The molecular weight excluding hydrogens is 244 g/mol. The summed E-state index contributed by atoms with van der Waals surface area (Å²) < 4.78 is 5.55. The number of nitrogens with zero attached hydrogens (tertiary/aromatic N) is 1. The van der Waals surface area contributed by atoms with Crippen LogP contribution < -0.4 is 5.32 Å². The highest BCUT2D eigenvalue weighted by molar-refractivity contribution is 5.90. The fourth-order valence-electron chi connectivity index (χ4n) is 2.12. The zero-order valence-electron chi connectivity index (χ0n) is 12.4. The Morgan fingerprint density at radius 3 is 2.63 bits per heavy atom. The lowest BCUT2D eigenvalue weighted by Gasteiger charge is -2.27. The Morgan fingerprint density at radius 1 is 1.32 bits per heavy atom. The van der Waals surface area contributed by atoms with E-state index >= 15 is 0 Å². The molecule has 0 aliphatic carbocycles. The van der Waals surface area contributed by atoms with E-state index in [4.69, 9.17) is 4.74 Å². The molecule has 1 aliphatic rings. The monoisotopic (exact) mass is 270 g/mol. The zero-order chi connectivity index (χ0) is 14.4. The highest BCUT2D eigenvalue weighted by Gasteiger charge is 2.30. The summed E-state index contributed by atoms with van der Waals surface area (Å²) in [6, 6.07) is -0.501. The largest absolute Gasteiger partial charge is 0.380 e. The van der Waals surface area contributed by atoms with E-state index in [1.165, 1.54) is 0 Å². The lowest BCUT2D eigenvalue weighted by Crippen LogP contribution is -2.46. The predicted octanol–water partition coefficient (Wildman–Crippen LogP) is 1.17. The lowest BCUT2D eigenvalue weighted by atomic mass is 10.1. The molecule has 2 unspecified atom stereocenters. The van der Waals surface area contributed by atoms with Crippen molar-refractivity contribution >= 4 is 11.8 Å². The zero-order valence-corrected chi connectivity index (χ0v) is 12.4. The number of carbonyl (C=O) groups excluding carboxylic acids is 2. The molecule has 1 heterocycles. The molecule has 1 saturated heterocycles. The summed E-state index contributed by atoms with van der Waals surface area (Å²) in [5.74, 6) is 0.544. The van der Waals surface area contributed by atoms with E-state index in [1.54, 1.807) is 11.8 Å². The van der Waals surface area contributed by atoms with E-state index in [9.17, 15) is 9.59 Å². The predicted molar refractivity (Wildman–Crippen MR) is 73.7 cm³/mol. The van der Waals surface area contributed by atoms with Gasteiger partial charge >= 0.3 is 0 Å². The van der Waals surface area contributed by atoms with Gasteiger partial charge in [-0.25, -0.2) is 0 Å². The second-order valence-corrected chi connectivity index (χ2v) is 5.67. The lowest BCUT2D eigenvalue weighted by molar-refractivity contribution is -0.135. The first-order valence-electron chi connectivity index (χ1n) is 7.09. The number of amides is 2. The van der Waals surface area contributed by atoms with Crippen molar-refractivity contribution in [1.82, 2.24) is 10.2 Å². The minimum absolute atomic E-state index is 0.0224. The number of hydrogen-bond acceptors (Lipinski definition) is 3. The van der Waals surface area contributed by atoms with Crippen LogP contribution in [0, 0.1) is 5.92 Å². The maximum Gasteiger partial charge on any atom is 0.245 e. The normalized spacial score (nSPS) is 24.6. The number of rotatable bonds is 6. The van der Waals surface area contributed by atoms with Gasteiger partial charge in [-0.05, 0) is 26.2 Å². The smallest absolute Gasteiger partial charge is 0.245 e. The van der Waals surface area contributed by atoms with Gasteiger partial charge in [0.05, 0.1) is 6.61 Å². The van der Waals surface area contributed by atoms with E-state index in [0.29, 0.717) is 25.5 Å². The molecular formula is C14H26N2O3. The maximum atomic E-state index is 12.1. The fourth-order valence-corrected chi connectivity index (χ4v) is 2.12. The summed E-state index contributed by atoms with van der Waals surface area (Å²) in [6.07, 6.45) is 1.39. The van der Waals surface area contributed by atoms with Crippen molar-refractivity contribution in [3.8, 4) is 0 Å². The van der Waals surface area contributed by atoms with Crippen LogP contribution in [-0.2, 0) is 14.3 Å². The van der Waals surface area contributed by atoms with Crippen molar-refractivity contribution in [2.24, 2.45) is 5.92 Å². The number of hydrogen-bond donors (Lipinski definition) is 1. The molecule has 2 atom stereocenters. The molecule has 1 rings (SSSR count). The Kier molecular flexibility index (Phi) is 6.28. The Hall–Kier alpha value is -1.10.